The molecule has 1 aromatic carbocycles. The molecule has 0 radical (unpaired) electrons. The fourth-order valence-electron chi connectivity index (χ4n) is 2.55. The molecule has 0 bridgehead atoms. The van der Waals surface area contributed by atoms with E-state index in [9.17, 15) is 4.79 Å². The molecule has 0 aliphatic heterocycles. The normalized spacial score (nSPS) is 11.3. The van der Waals surface area contributed by atoms with E-state index in [-0.39, 0.29) is 5.56 Å². The summed E-state index contributed by atoms with van der Waals surface area (Å²) < 4.78 is 3.50. The van der Waals surface area contributed by atoms with Crippen molar-refractivity contribution in [2.24, 2.45) is 0 Å². The molecule has 7 nitrogen and oxygen atoms in total. The largest absolute Gasteiger partial charge is 0.287 e. The van der Waals surface area contributed by atoms with E-state index >= 15 is 0 Å². The van der Waals surface area contributed by atoms with Crippen molar-refractivity contribution in [3.8, 4) is 0 Å². The Labute approximate surface area is 154 Å². The maximum absolute atomic E-state index is 12.8. The van der Waals surface area contributed by atoms with Crippen LogP contribution in [0, 0.1) is 0 Å². The Morgan fingerprint density at radius 2 is 2.00 bits per heavy atom. The standard InChI is InChI=1S/C16H19ClN6OS/c1-3-7-22-15(24)12-6-5-11(17)9-13(12)18-16(22)25-10-14-19-20-21-23(14)8-4-2/h5-6,9H,3-4,7-8,10H2,1-2H3. The lowest BCUT2D eigenvalue weighted by Gasteiger charge is -2.12. The van der Waals surface area contributed by atoms with Crippen LogP contribution in [-0.2, 0) is 18.8 Å². The van der Waals surface area contributed by atoms with E-state index in [1.54, 1.807) is 27.4 Å². The lowest BCUT2D eigenvalue weighted by molar-refractivity contribution is 0.563. The van der Waals surface area contributed by atoms with Crippen molar-refractivity contribution in [2.75, 3.05) is 0 Å². The molecule has 0 fully saturated rings. The molecule has 0 saturated heterocycles. The molecule has 0 N–H and O–H groups in total. The molecular formula is C16H19ClN6OS. The number of thioether (sulfide) groups is 1. The number of halogens is 1. The third-order valence-corrected chi connectivity index (χ3v) is 4.91. The van der Waals surface area contributed by atoms with Gasteiger partial charge in [0.15, 0.2) is 11.0 Å². The summed E-state index contributed by atoms with van der Waals surface area (Å²) in [7, 11) is 0. The van der Waals surface area contributed by atoms with Crippen LogP contribution >= 0.6 is 23.4 Å². The van der Waals surface area contributed by atoms with Gasteiger partial charge in [0, 0.05) is 18.1 Å². The summed E-state index contributed by atoms with van der Waals surface area (Å²) in [6, 6.07) is 5.17. The molecule has 0 amide bonds. The Kier molecular flexibility index (Phi) is 5.70. The van der Waals surface area contributed by atoms with Gasteiger partial charge in [-0.1, -0.05) is 37.2 Å². The minimum absolute atomic E-state index is 0.0424. The van der Waals surface area contributed by atoms with Crippen molar-refractivity contribution in [2.45, 2.75) is 50.7 Å². The van der Waals surface area contributed by atoms with Crippen LogP contribution in [0.15, 0.2) is 28.2 Å². The quantitative estimate of drug-likeness (QED) is 0.464. The van der Waals surface area contributed by atoms with Crippen LogP contribution in [0.25, 0.3) is 10.9 Å². The highest BCUT2D eigenvalue weighted by Gasteiger charge is 2.14. The highest BCUT2D eigenvalue weighted by molar-refractivity contribution is 7.98. The zero-order chi connectivity index (χ0) is 17.8. The van der Waals surface area contributed by atoms with Gasteiger partial charge in [-0.25, -0.2) is 9.67 Å². The molecule has 0 spiro atoms. The van der Waals surface area contributed by atoms with Crippen molar-refractivity contribution in [1.29, 1.82) is 0 Å². The highest BCUT2D eigenvalue weighted by Crippen LogP contribution is 2.23. The van der Waals surface area contributed by atoms with Gasteiger partial charge < -0.3 is 0 Å². The fraction of sp³-hybridized carbons (Fsp3) is 0.438. The first kappa shape index (κ1) is 17.9. The molecule has 25 heavy (non-hydrogen) atoms. The van der Waals surface area contributed by atoms with Crippen LogP contribution in [0.3, 0.4) is 0 Å². The maximum atomic E-state index is 12.8. The van der Waals surface area contributed by atoms with Crippen molar-refractivity contribution >= 4 is 34.3 Å². The number of aromatic nitrogens is 6. The number of hydrogen-bond donors (Lipinski definition) is 0. The summed E-state index contributed by atoms with van der Waals surface area (Å²) in [4.78, 5) is 17.5. The lowest BCUT2D eigenvalue weighted by Crippen LogP contribution is -2.23. The topological polar surface area (TPSA) is 78.5 Å². The van der Waals surface area contributed by atoms with E-state index in [1.165, 1.54) is 11.8 Å². The number of aryl methyl sites for hydroxylation is 1. The summed E-state index contributed by atoms with van der Waals surface area (Å²) in [5.74, 6) is 1.32. The minimum Gasteiger partial charge on any atom is -0.287 e. The van der Waals surface area contributed by atoms with Gasteiger partial charge in [-0.2, -0.15) is 0 Å². The van der Waals surface area contributed by atoms with Gasteiger partial charge in [0.1, 0.15) is 0 Å². The van der Waals surface area contributed by atoms with Crippen molar-refractivity contribution < 1.29 is 0 Å². The van der Waals surface area contributed by atoms with E-state index in [2.05, 4.69) is 27.4 Å². The molecule has 132 valence electrons. The first-order chi connectivity index (χ1) is 12.1. The van der Waals surface area contributed by atoms with E-state index in [0.29, 0.717) is 33.4 Å². The molecule has 0 aliphatic carbocycles. The first-order valence-corrected chi connectivity index (χ1v) is 9.58. The van der Waals surface area contributed by atoms with Gasteiger partial charge in [0.25, 0.3) is 5.56 Å². The fourth-order valence-corrected chi connectivity index (χ4v) is 3.67. The predicted octanol–water partition coefficient (Wildman–Crippen LogP) is 3.15. The molecule has 2 aromatic heterocycles. The third-order valence-electron chi connectivity index (χ3n) is 3.70. The maximum Gasteiger partial charge on any atom is 0.262 e. The zero-order valence-corrected chi connectivity index (χ0v) is 15.7. The summed E-state index contributed by atoms with van der Waals surface area (Å²) in [5, 5.41) is 13.6. The van der Waals surface area contributed by atoms with E-state index in [1.807, 2.05) is 6.92 Å². The number of fused-ring (bicyclic) bond motifs is 1. The smallest absolute Gasteiger partial charge is 0.262 e. The summed E-state index contributed by atoms with van der Waals surface area (Å²) in [6.45, 7) is 5.50. The first-order valence-electron chi connectivity index (χ1n) is 8.22. The van der Waals surface area contributed by atoms with Crippen LogP contribution in [0.1, 0.15) is 32.5 Å². The second-order valence-electron chi connectivity index (χ2n) is 5.62. The van der Waals surface area contributed by atoms with Crippen LogP contribution in [-0.4, -0.2) is 29.8 Å². The monoisotopic (exact) mass is 378 g/mol. The number of nitrogens with zero attached hydrogens (tertiary/aromatic N) is 6. The molecule has 0 saturated carbocycles. The second kappa shape index (κ2) is 7.97. The molecule has 0 atom stereocenters. The van der Waals surface area contributed by atoms with E-state index in [4.69, 9.17) is 11.6 Å². The molecule has 0 aliphatic rings. The Bertz CT molecular complexity index is 938. The predicted molar refractivity (Wildman–Crippen MR) is 99.0 cm³/mol. The Hall–Kier alpha value is -1.93. The SMILES string of the molecule is CCCn1nnnc1CSc1nc2cc(Cl)ccc2c(=O)n1CCC. The summed E-state index contributed by atoms with van der Waals surface area (Å²) in [6.07, 6.45) is 1.80. The molecular weight excluding hydrogens is 360 g/mol. The molecule has 9 heteroatoms. The molecule has 3 rings (SSSR count). The number of tetrazole rings is 1. The van der Waals surface area contributed by atoms with Crippen molar-refractivity contribution in [3.05, 3.63) is 39.4 Å². The Morgan fingerprint density at radius 3 is 2.76 bits per heavy atom. The van der Waals surface area contributed by atoms with Crippen LogP contribution < -0.4 is 5.56 Å². The van der Waals surface area contributed by atoms with Crippen LogP contribution in [0.5, 0.6) is 0 Å². The second-order valence-corrected chi connectivity index (χ2v) is 7.00. The van der Waals surface area contributed by atoms with E-state index in [0.717, 1.165) is 25.2 Å². The summed E-state index contributed by atoms with van der Waals surface area (Å²) in [5.41, 5.74) is 0.569. The van der Waals surface area contributed by atoms with Gasteiger partial charge in [-0.3, -0.25) is 9.36 Å². The average molecular weight is 379 g/mol. The van der Waals surface area contributed by atoms with Gasteiger partial charge in [0.05, 0.1) is 16.7 Å². The lowest BCUT2D eigenvalue weighted by atomic mass is 10.2. The van der Waals surface area contributed by atoms with Crippen LogP contribution in [0.4, 0.5) is 0 Å². The van der Waals surface area contributed by atoms with Gasteiger partial charge in [0.2, 0.25) is 0 Å². The van der Waals surface area contributed by atoms with Crippen molar-refractivity contribution in [1.82, 2.24) is 29.8 Å². The Balaban J connectivity index is 1.97. The van der Waals surface area contributed by atoms with Gasteiger partial charge in [-0.05, 0) is 41.5 Å². The number of hydrogen-bond acceptors (Lipinski definition) is 6. The highest BCUT2D eigenvalue weighted by atomic mass is 35.5. The average Bonchev–Trinajstić information content (AvgIpc) is 3.03. The third kappa shape index (κ3) is 3.85. The summed E-state index contributed by atoms with van der Waals surface area (Å²) >= 11 is 7.52. The molecule has 0 unspecified atom stereocenters. The Morgan fingerprint density at radius 1 is 1.20 bits per heavy atom. The van der Waals surface area contributed by atoms with E-state index < -0.39 is 0 Å². The molecule has 2 heterocycles. The number of rotatable bonds is 7. The number of benzene rings is 1. The minimum atomic E-state index is -0.0424. The molecule has 3 aromatic rings. The van der Waals surface area contributed by atoms with Gasteiger partial charge in [-0.15, -0.1) is 5.10 Å². The van der Waals surface area contributed by atoms with Crippen LogP contribution in [0.2, 0.25) is 5.02 Å². The van der Waals surface area contributed by atoms with Crippen molar-refractivity contribution in [3.63, 3.8) is 0 Å². The van der Waals surface area contributed by atoms with Gasteiger partial charge >= 0.3 is 0 Å². The zero-order valence-electron chi connectivity index (χ0n) is 14.1.